The van der Waals surface area contributed by atoms with Crippen molar-refractivity contribution < 1.29 is 19.4 Å². The van der Waals surface area contributed by atoms with Gasteiger partial charge in [-0.25, -0.2) is 4.79 Å². The highest BCUT2D eigenvalue weighted by Crippen LogP contribution is 2.28. The molecule has 0 heterocycles. The van der Waals surface area contributed by atoms with E-state index in [4.69, 9.17) is 21.4 Å². The molecule has 1 atom stereocenters. The van der Waals surface area contributed by atoms with Crippen LogP contribution in [-0.2, 0) is 16.1 Å². The van der Waals surface area contributed by atoms with E-state index in [0.717, 1.165) is 10.0 Å². The fraction of sp³-hybridized carbons (Fsp3) is 0.176. The Morgan fingerprint density at radius 3 is 2.58 bits per heavy atom. The van der Waals surface area contributed by atoms with E-state index in [9.17, 15) is 9.59 Å². The van der Waals surface area contributed by atoms with Crippen LogP contribution in [0.5, 0.6) is 0 Å². The van der Waals surface area contributed by atoms with E-state index in [0.29, 0.717) is 10.6 Å². The predicted octanol–water partition coefficient (Wildman–Crippen LogP) is 4.54. The number of carboxylic acids is 1. The summed E-state index contributed by atoms with van der Waals surface area (Å²) >= 11 is 9.43. The first kappa shape index (κ1) is 18.3. The smallest absolute Gasteiger partial charge is 0.407 e. The molecular weight excluding hydrogens is 398 g/mol. The Morgan fingerprint density at radius 1 is 1.21 bits per heavy atom. The lowest BCUT2D eigenvalue weighted by atomic mass is 10.0. The molecule has 2 aromatic carbocycles. The maximum atomic E-state index is 12.0. The fourth-order valence-corrected chi connectivity index (χ4v) is 2.73. The highest BCUT2D eigenvalue weighted by molar-refractivity contribution is 9.10. The van der Waals surface area contributed by atoms with Crippen molar-refractivity contribution >= 4 is 39.6 Å². The molecule has 0 aliphatic heterocycles. The Bertz CT molecular complexity index is 724. The maximum absolute atomic E-state index is 12.0. The van der Waals surface area contributed by atoms with Crippen molar-refractivity contribution in [2.75, 3.05) is 0 Å². The van der Waals surface area contributed by atoms with Gasteiger partial charge in [0.15, 0.2) is 0 Å². The van der Waals surface area contributed by atoms with Gasteiger partial charge in [0.25, 0.3) is 0 Å². The zero-order valence-corrected chi connectivity index (χ0v) is 14.9. The lowest BCUT2D eigenvalue weighted by molar-refractivity contribution is -0.137. The minimum Gasteiger partial charge on any atom is -0.481 e. The Kier molecular flexibility index (Phi) is 6.63. The molecule has 5 nitrogen and oxygen atoms in total. The number of rotatable bonds is 6. The van der Waals surface area contributed by atoms with Crippen LogP contribution >= 0.6 is 27.5 Å². The van der Waals surface area contributed by atoms with Crippen molar-refractivity contribution in [1.29, 1.82) is 0 Å². The number of benzene rings is 2. The molecule has 0 saturated carbocycles. The molecule has 0 unspecified atom stereocenters. The molecular formula is C17H15BrClNO4. The van der Waals surface area contributed by atoms with Gasteiger partial charge in [0, 0.05) is 9.50 Å². The highest BCUT2D eigenvalue weighted by Gasteiger charge is 2.21. The second-order valence-corrected chi connectivity index (χ2v) is 6.35. The molecule has 0 bridgehead atoms. The first-order chi connectivity index (χ1) is 11.5. The molecule has 0 aromatic heterocycles. The molecule has 7 heteroatoms. The van der Waals surface area contributed by atoms with Gasteiger partial charge in [-0.2, -0.15) is 0 Å². The van der Waals surface area contributed by atoms with E-state index < -0.39 is 18.1 Å². The van der Waals surface area contributed by atoms with E-state index >= 15 is 0 Å². The number of alkyl carbamates (subject to hydrolysis) is 1. The molecule has 1 amide bonds. The minimum atomic E-state index is -1.06. The SMILES string of the molecule is O=C(O)C[C@@H](NC(=O)OCc1ccccc1)c1cc(Br)ccc1Cl. The number of amides is 1. The van der Waals surface area contributed by atoms with E-state index in [1.165, 1.54) is 0 Å². The summed E-state index contributed by atoms with van der Waals surface area (Å²) in [5.74, 6) is -1.06. The van der Waals surface area contributed by atoms with E-state index in [-0.39, 0.29) is 13.0 Å². The molecule has 0 fully saturated rings. The normalized spacial score (nSPS) is 11.6. The van der Waals surface area contributed by atoms with Crippen LogP contribution in [0.2, 0.25) is 5.02 Å². The highest BCUT2D eigenvalue weighted by atomic mass is 79.9. The second-order valence-electron chi connectivity index (χ2n) is 5.02. The number of aliphatic carboxylic acids is 1. The first-order valence-electron chi connectivity index (χ1n) is 7.09. The Labute approximate surface area is 152 Å². The summed E-state index contributed by atoms with van der Waals surface area (Å²) in [6.45, 7) is 0.0959. The predicted molar refractivity (Wildman–Crippen MR) is 93.9 cm³/mol. The average molecular weight is 413 g/mol. The van der Waals surface area contributed by atoms with Crippen LogP contribution in [0.3, 0.4) is 0 Å². The Hall–Kier alpha value is -2.05. The van der Waals surface area contributed by atoms with Crippen LogP contribution < -0.4 is 5.32 Å². The summed E-state index contributed by atoms with van der Waals surface area (Å²) in [5, 5.41) is 12.0. The summed E-state index contributed by atoms with van der Waals surface area (Å²) in [6, 6.07) is 13.4. The maximum Gasteiger partial charge on any atom is 0.407 e. The van der Waals surface area contributed by atoms with Crippen LogP contribution in [0, 0.1) is 0 Å². The number of halogens is 2. The molecule has 0 saturated heterocycles. The van der Waals surface area contributed by atoms with Gasteiger partial charge in [-0.15, -0.1) is 0 Å². The summed E-state index contributed by atoms with van der Waals surface area (Å²) < 4.78 is 5.87. The Morgan fingerprint density at radius 2 is 1.92 bits per heavy atom. The monoisotopic (exact) mass is 411 g/mol. The van der Waals surface area contributed by atoms with Gasteiger partial charge in [0.2, 0.25) is 0 Å². The molecule has 0 radical (unpaired) electrons. The summed E-state index contributed by atoms with van der Waals surface area (Å²) in [4.78, 5) is 23.1. The van der Waals surface area contributed by atoms with Gasteiger partial charge in [-0.3, -0.25) is 4.79 Å². The molecule has 0 spiro atoms. The van der Waals surface area contributed by atoms with Gasteiger partial charge in [-0.1, -0.05) is 57.9 Å². The van der Waals surface area contributed by atoms with Crippen molar-refractivity contribution in [3.8, 4) is 0 Å². The summed E-state index contributed by atoms with van der Waals surface area (Å²) in [7, 11) is 0. The number of carboxylic acid groups (broad SMARTS) is 1. The van der Waals surface area contributed by atoms with Gasteiger partial charge >= 0.3 is 12.1 Å². The quantitative estimate of drug-likeness (QED) is 0.730. The minimum absolute atomic E-state index is 0.0959. The molecule has 2 aromatic rings. The fourth-order valence-electron chi connectivity index (χ4n) is 2.10. The topological polar surface area (TPSA) is 75.6 Å². The zero-order chi connectivity index (χ0) is 17.5. The van der Waals surface area contributed by atoms with E-state index in [2.05, 4.69) is 21.2 Å². The van der Waals surface area contributed by atoms with Gasteiger partial charge in [0.1, 0.15) is 6.61 Å². The van der Waals surface area contributed by atoms with Gasteiger partial charge in [-0.05, 0) is 29.3 Å². The Balaban J connectivity index is 2.06. The lowest BCUT2D eigenvalue weighted by Gasteiger charge is -2.19. The van der Waals surface area contributed by atoms with Gasteiger partial charge < -0.3 is 15.2 Å². The molecule has 2 N–H and O–H groups in total. The largest absolute Gasteiger partial charge is 0.481 e. The van der Waals surface area contributed by atoms with Crippen LogP contribution in [0.25, 0.3) is 0 Å². The lowest BCUT2D eigenvalue weighted by Crippen LogP contribution is -2.30. The number of hydrogen-bond acceptors (Lipinski definition) is 3. The van der Waals surface area contributed by atoms with Crippen molar-refractivity contribution in [3.63, 3.8) is 0 Å². The third kappa shape index (κ3) is 5.54. The van der Waals surface area contributed by atoms with E-state index in [1.54, 1.807) is 18.2 Å². The number of nitrogens with one attached hydrogen (secondary N) is 1. The molecule has 126 valence electrons. The van der Waals surface area contributed by atoms with Crippen molar-refractivity contribution in [2.45, 2.75) is 19.1 Å². The molecule has 0 aliphatic rings. The third-order valence-corrected chi connectivity index (χ3v) is 4.05. The van der Waals surface area contributed by atoms with Crippen LogP contribution in [-0.4, -0.2) is 17.2 Å². The van der Waals surface area contributed by atoms with Crippen LogP contribution in [0.1, 0.15) is 23.6 Å². The van der Waals surface area contributed by atoms with Crippen molar-refractivity contribution in [1.82, 2.24) is 5.32 Å². The van der Waals surface area contributed by atoms with Crippen LogP contribution in [0.15, 0.2) is 53.0 Å². The molecule has 0 aliphatic carbocycles. The standard InChI is InChI=1S/C17H15BrClNO4/c18-12-6-7-14(19)13(8-12)15(9-16(21)22)20-17(23)24-10-11-4-2-1-3-5-11/h1-8,15H,9-10H2,(H,20,23)(H,21,22)/t15-/m1/s1. The first-order valence-corrected chi connectivity index (χ1v) is 8.27. The number of carbonyl (C=O) groups is 2. The summed E-state index contributed by atoms with van der Waals surface area (Å²) in [5.41, 5.74) is 1.34. The van der Waals surface area contributed by atoms with Crippen LogP contribution in [0.4, 0.5) is 4.79 Å². The second kappa shape index (κ2) is 8.70. The number of ether oxygens (including phenoxy) is 1. The zero-order valence-electron chi connectivity index (χ0n) is 12.5. The third-order valence-electron chi connectivity index (χ3n) is 3.22. The molecule has 24 heavy (non-hydrogen) atoms. The van der Waals surface area contributed by atoms with Crippen molar-refractivity contribution in [3.05, 3.63) is 69.2 Å². The molecule has 2 rings (SSSR count). The van der Waals surface area contributed by atoms with E-state index in [1.807, 2.05) is 30.3 Å². The average Bonchev–Trinajstić information content (AvgIpc) is 2.55. The number of hydrogen-bond donors (Lipinski definition) is 2. The number of carbonyl (C=O) groups excluding carboxylic acids is 1. The summed E-state index contributed by atoms with van der Waals surface area (Å²) in [6.07, 6.45) is -1.02. The van der Waals surface area contributed by atoms with Gasteiger partial charge in [0.05, 0.1) is 12.5 Å². The van der Waals surface area contributed by atoms with Crippen molar-refractivity contribution in [2.24, 2.45) is 0 Å².